The highest BCUT2D eigenvalue weighted by molar-refractivity contribution is 5.58. The number of rotatable bonds is 6. The number of ether oxygens (including phenoxy) is 3. The number of anilines is 2. The van der Waals surface area contributed by atoms with Crippen molar-refractivity contribution in [3.05, 3.63) is 42.5 Å². The molecule has 0 atom stereocenters. The molecular formula is C15H18N2O3. The molecule has 106 valence electrons. The van der Waals surface area contributed by atoms with Gasteiger partial charge in [0.1, 0.15) is 5.75 Å². The maximum Gasteiger partial charge on any atom is 0.162 e. The average molecular weight is 274 g/mol. The van der Waals surface area contributed by atoms with Crippen LogP contribution in [0.5, 0.6) is 17.2 Å². The van der Waals surface area contributed by atoms with E-state index in [4.69, 9.17) is 14.2 Å². The van der Waals surface area contributed by atoms with Crippen molar-refractivity contribution >= 4 is 11.4 Å². The molecule has 0 aliphatic rings. The molecule has 0 fully saturated rings. The third kappa shape index (κ3) is 3.26. The molecule has 0 radical (unpaired) electrons. The van der Waals surface area contributed by atoms with E-state index in [-0.39, 0.29) is 0 Å². The summed E-state index contributed by atoms with van der Waals surface area (Å²) < 4.78 is 15.6. The van der Waals surface area contributed by atoms with Crippen molar-refractivity contribution in [2.75, 3.05) is 32.2 Å². The highest BCUT2D eigenvalue weighted by Gasteiger charge is 2.04. The van der Waals surface area contributed by atoms with Gasteiger partial charge in [-0.2, -0.15) is 0 Å². The predicted octanol–water partition coefficient (Wildman–Crippen LogP) is 3.15. The van der Waals surface area contributed by atoms with Crippen LogP contribution in [0.1, 0.15) is 0 Å². The number of benzene rings is 2. The van der Waals surface area contributed by atoms with E-state index < -0.39 is 0 Å². The standard InChI is InChI=1S/C15H18N2O3/c1-18-13-7-4-11(5-8-13)16-17-12-6-9-14(19-2)15(10-12)20-3/h4-10,16-17H,1-3H3. The SMILES string of the molecule is COc1ccc(NNc2ccc(OC)c(OC)c2)cc1. The monoisotopic (exact) mass is 274 g/mol. The second-order valence-electron chi connectivity index (χ2n) is 4.05. The smallest absolute Gasteiger partial charge is 0.162 e. The van der Waals surface area contributed by atoms with E-state index in [1.165, 1.54) is 0 Å². The first-order chi connectivity index (χ1) is 9.76. The Labute approximate surface area is 118 Å². The highest BCUT2D eigenvalue weighted by Crippen LogP contribution is 2.29. The van der Waals surface area contributed by atoms with Crippen molar-refractivity contribution in [2.24, 2.45) is 0 Å². The number of hydrazine groups is 1. The van der Waals surface area contributed by atoms with Gasteiger partial charge < -0.3 is 25.1 Å². The van der Waals surface area contributed by atoms with E-state index in [0.717, 1.165) is 17.1 Å². The summed E-state index contributed by atoms with van der Waals surface area (Å²) in [5, 5.41) is 0. The Morgan fingerprint density at radius 2 is 1.25 bits per heavy atom. The lowest BCUT2D eigenvalue weighted by molar-refractivity contribution is 0.355. The van der Waals surface area contributed by atoms with Crippen LogP contribution in [0.4, 0.5) is 11.4 Å². The average Bonchev–Trinajstić information content (AvgIpc) is 2.53. The first-order valence-corrected chi connectivity index (χ1v) is 6.15. The van der Waals surface area contributed by atoms with Crippen LogP contribution >= 0.6 is 0 Å². The quantitative estimate of drug-likeness (QED) is 0.792. The van der Waals surface area contributed by atoms with Gasteiger partial charge in [-0.25, -0.2) is 0 Å². The van der Waals surface area contributed by atoms with Crippen LogP contribution in [0.3, 0.4) is 0 Å². The van der Waals surface area contributed by atoms with Crippen LogP contribution in [0.2, 0.25) is 0 Å². The molecule has 20 heavy (non-hydrogen) atoms. The van der Waals surface area contributed by atoms with Crippen molar-refractivity contribution in [3.8, 4) is 17.2 Å². The number of hydrogen-bond donors (Lipinski definition) is 2. The summed E-state index contributed by atoms with van der Waals surface area (Å²) in [6.45, 7) is 0. The van der Waals surface area contributed by atoms with E-state index in [0.29, 0.717) is 11.5 Å². The molecule has 0 aliphatic heterocycles. The Morgan fingerprint density at radius 1 is 0.650 bits per heavy atom. The van der Waals surface area contributed by atoms with Crippen molar-refractivity contribution in [1.29, 1.82) is 0 Å². The largest absolute Gasteiger partial charge is 0.497 e. The summed E-state index contributed by atoms with van der Waals surface area (Å²) in [4.78, 5) is 0. The molecule has 2 N–H and O–H groups in total. The third-order valence-electron chi connectivity index (χ3n) is 2.82. The minimum absolute atomic E-state index is 0.675. The second-order valence-corrected chi connectivity index (χ2v) is 4.05. The summed E-state index contributed by atoms with van der Waals surface area (Å²) >= 11 is 0. The molecule has 0 bridgehead atoms. The van der Waals surface area contributed by atoms with Gasteiger partial charge in [0.05, 0.1) is 32.7 Å². The molecule has 0 aromatic heterocycles. The fraction of sp³-hybridized carbons (Fsp3) is 0.200. The Hall–Kier alpha value is -2.56. The summed E-state index contributed by atoms with van der Waals surface area (Å²) in [5.41, 5.74) is 8.00. The Balaban J connectivity index is 2.02. The lowest BCUT2D eigenvalue weighted by atomic mass is 10.3. The summed E-state index contributed by atoms with van der Waals surface area (Å²) in [6, 6.07) is 13.2. The first-order valence-electron chi connectivity index (χ1n) is 6.15. The lowest BCUT2D eigenvalue weighted by Gasteiger charge is -2.13. The maximum absolute atomic E-state index is 5.25. The minimum Gasteiger partial charge on any atom is -0.497 e. The van der Waals surface area contributed by atoms with Crippen molar-refractivity contribution in [2.45, 2.75) is 0 Å². The topological polar surface area (TPSA) is 51.8 Å². The van der Waals surface area contributed by atoms with Crippen LogP contribution < -0.4 is 25.1 Å². The fourth-order valence-corrected chi connectivity index (χ4v) is 1.73. The molecule has 0 unspecified atom stereocenters. The second kappa shape index (κ2) is 6.56. The summed E-state index contributed by atoms with van der Waals surface area (Å²) in [5.74, 6) is 2.19. The van der Waals surface area contributed by atoms with Gasteiger partial charge in [0.25, 0.3) is 0 Å². The zero-order valence-electron chi connectivity index (χ0n) is 11.8. The Morgan fingerprint density at radius 3 is 1.85 bits per heavy atom. The van der Waals surface area contributed by atoms with Gasteiger partial charge in [0.2, 0.25) is 0 Å². The van der Waals surface area contributed by atoms with Gasteiger partial charge in [0, 0.05) is 6.07 Å². The molecule has 5 heteroatoms. The van der Waals surface area contributed by atoms with Crippen LogP contribution in [-0.4, -0.2) is 21.3 Å². The molecule has 0 saturated carbocycles. The van der Waals surface area contributed by atoms with E-state index in [1.54, 1.807) is 21.3 Å². The molecule has 2 aromatic rings. The van der Waals surface area contributed by atoms with E-state index in [2.05, 4.69) is 10.9 Å². The van der Waals surface area contributed by atoms with Crippen LogP contribution in [-0.2, 0) is 0 Å². The third-order valence-corrected chi connectivity index (χ3v) is 2.82. The van der Waals surface area contributed by atoms with Gasteiger partial charge in [-0.3, -0.25) is 0 Å². The van der Waals surface area contributed by atoms with Gasteiger partial charge in [-0.05, 0) is 36.4 Å². The van der Waals surface area contributed by atoms with Crippen molar-refractivity contribution in [1.82, 2.24) is 0 Å². The van der Waals surface area contributed by atoms with Crippen LogP contribution in [0.15, 0.2) is 42.5 Å². The zero-order chi connectivity index (χ0) is 14.4. The molecule has 5 nitrogen and oxygen atoms in total. The molecule has 0 heterocycles. The number of hydrogen-bond acceptors (Lipinski definition) is 5. The molecule has 0 saturated heterocycles. The van der Waals surface area contributed by atoms with E-state index in [1.807, 2.05) is 42.5 Å². The van der Waals surface area contributed by atoms with E-state index >= 15 is 0 Å². The minimum atomic E-state index is 0.675. The molecule has 2 rings (SSSR count). The molecule has 2 aromatic carbocycles. The van der Waals surface area contributed by atoms with Crippen molar-refractivity contribution in [3.63, 3.8) is 0 Å². The Kier molecular flexibility index (Phi) is 4.55. The Bertz CT molecular complexity index is 556. The maximum atomic E-state index is 5.25. The lowest BCUT2D eigenvalue weighted by Crippen LogP contribution is -2.08. The normalized spacial score (nSPS) is 9.75. The summed E-state index contributed by atoms with van der Waals surface area (Å²) in [6.07, 6.45) is 0. The molecular weight excluding hydrogens is 256 g/mol. The summed E-state index contributed by atoms with van der Waals surface area (Å²) in [7, 11) is 4.86. The predicted molar refractivity (Wildman–Crippen MR) is 79.8 cm³/mol. The van der Waals surface area contributed by atoms with Crippen LogP contribution in [0, 0.1) is 0 Å². The first kappa shape index (κ1) is 13.9. The molecule has 0 aliphatic carbocycles. The fourth-order valence-electron chi connectivity index (χ4n) is 1.73. The number of nitrogens with one attached hydrogen (secondary N) is 2. The highest BCUT2D eigenvalue weighted by atomic mass is 16.5. The number of methoxy groups -OCH3 is 3. The molecule has 0 amide bonds. The van der Waals surface area contributed by atoms with E-state index in [9.17, 15) is 0 Å². The van der Waals surface area contributed by atoms with Gasteiger partial charge in [-0.15, -0.1) is 0 Å². The van der Waals surface area contributed by atoms with Gasteiger partial charge >= 0.3 is 0 Å². The zero-order valence-corrected chi connectivity index (χ0v) is 11.8. The van der Waals surface area contributed by atoms with Crippen LogP contribution in [0.25, 0.3) is 0 Å². The molecule has 0 spiro atoms. The van der Waals surface area contributed by atoms with Gasteiger partial charge in [0.15, 0.2) is 11.5 Å². The van der Waals surface area contributed by atoms with Gasteiger partial charge in [-0.1, -0.05) is 0 Å². The van der Waals surface area contributed by atoms with Crippen molar-refractivity contribution < 1.29 is 14.2 Å².